The van der Waals surface area contributed by atoms with Crippen LogP contribution in [0.1, 0.15) is 42.6 Å². The van der Waals surface area contributed by atoms with Gasteiger partial charge in [0, 0.05) is 24.7 Å². The van der Waals surface area contributed by atoms with Crippen LogP contribution in [0.15, 0.2) is 72.8 Å². The molecule has 0 heterocycles. The third kappa shape index (κ3) is 6.11. The van der Waals surface area contributed by atoms with Crippen LogP contribution in [0.2, 0.25) is 0 Å². The number of carbonyl (C=O) groups excluding carboxylic acids is 1. The predicted octanol–water partition coefficient (Wildman–Crippen LogP) is 6.20. The third-order valence-corrected chi connectivity index (χ3v) is 5.06. The lowest BCUT2D eigenvalue weighted by Crippen LogP contribution is -2.26. The lowest BCUT2D eigenvalue weighted by molar-refractivity contribution is 0.0785. The number of carbonyl (C=O) groups is 1. The highest BCUT2D eigenvalue weighted by molar-refractivity contribution is 5.94. The van der Waals surface area contributed by atoms with Crippen molar-refractivity contribution in [3.63, 3.8) is 0 Å². The van der Waals surface area contributed by atoms with Gasteiger partial charge in [-0.2, -0.15) is 0 Å². The van der Waals surface area contributed by atoms with E-state index in [1.54, 1.807) is 4.90 Å². The van der Waals surface area contributed by atoms with Crippen molar-refractivity contribution < 1.29 is 14.3 Å². The summed E-state index contributed by atoms with van der Waals surface area (Å²) in [6.45, 7) is 5.95. The van der Waals surface area contributed by atoms with Crippen molar-refractivity contribution in [2.24, 2.45) is 0 Å². The number of amides is 1. The lowest BCUT2D eigenvalue weighted by Gasteiger charge is -2.18. The summed E-state index contributed by atoms with van der Waals surface area (Å²) in [6, 6.07) is 23.7. The average Bonchev–Trinajstić information content (AvgIpc) is 2.80. The Bertz CT molecular complexity index is 982. The average molecular weight is 418 g/mol. The molecule has 0 saturated heterocycles. The normalized spacial score (nSPS) is 10.5. The zero-order valence-corrected chi connectivity index (χ0v) is 18.6. The molecule has 3 aromatic rings. The number of hydrogen-bond acceptors (Lipinski definition) is 3. The van der Waals surface area contributed by atoms with Crippen molar-refractivity contribution in [3.05, 3.63) is 83.9 Å². The maximum atomic E-state index is 12.8. The molecule has 0 aromatic heterocycles. The summed E-state index contributed by atoms with van der Waals surface area (Å²) >= 11 is 0. The minimum atomic E-state index is -0.0169. The molecule has 0 aliphatic heterocycles. The molecule has 4 nitrogen and oxygen atoms in total. The minimum Gasteiger partial charge on any atom is -0.494 e. The van der Waals surface area contributed by atoms with Gasteiger partial charge in [0.1, 0.15) is 11.5 Å². The SMILES string of the molecule is CCCCOc1ccccc1-c1cccc(CN(C)C(=O)c2ccc(OCC)cc2)c1. The van der Waals surface area contributed by atoms with Crippen molar-refractivity contribution in [2.75, 3.05) is 20.3 Å². The fraction of sp³-hybridized carbons (Fsp3) is 0.296. The van der Waals surface area contributed by atoms with E-state index in [0.717, 1.165) is 41.0 Å². The molecule has 0 aliphatic carbocycles. The molecule has 0 unspecified atom stereocenters. The Labute approximate surface area is 185 Å². The second kappa shape index (κ2) is 11.2. The standard InChI is InChI=1S/C27H31NO3/c1-4-6-18-31-26-13-8-7-12-25(26)23-11-9-10-21(19-23)20-28(3)27(29)22-14-16-24(17-15-22)30-5-2/h7-17,19H,4-6,18,20H2,1-3H3. The zero-order chi connectivity index (χ0) is 22.1. The molecule has 0 radical (unpaired) electrons. The number of hydrogen-bond donors (Lipinski definition) is 0. The molecule has 3 rings (SSSR count). The summed E-state index contributed by atoms with van der Waals surface area (Å²) in [5.74, 6) is 1.65. The van der Waals surface area contributed by atoms with Crippen LogP contribution in [-0.2, 0) is 6.54 Å². The highest BCUT2D eigenvalue weighted by Crippen LogP contribution is 2.30. The zero-order valence-electron chi connectivity index (χ0n) is 18.6. The molecule has 0 bridgehead atoms. The molecule has 0 N–H and O–H groups in total. The first-order valence-corrected chi connectivity index (χ1v) is 10.9. The molecule has 0 atom stereocenters. The van der Waals surface area contributed by atoms with E-state index in [2.05, 4.69) is 25.1 Å². The van der Waals surface area contributed by atoms with Gasteiger partial charge in [0.25, 0.3) is 5.91 Å². The van der Waals surface area contributed by atoms with Gasteiger partial charge < -0.3 is 14.4 Å². The number of rotatable bonds is 10. The molecular weight excluding hydrogens is 386 g/mol. The van der Waals surface area contributed by atoms with Gasteiger partial charge in [0.2, 0.25) is 0 Å². The molecule has 1 amide bonds. The van der Waals surface area contributed by atoms with Crippen LogP contribution < -0.4 is 9.47 Å². The Morgan fingerprint density at radius 2 is 1.68 bits per heavy atom. The van der Waals surface area contributed by atoms with E-state index >= 15 is 0 Å². The highest BCUT2D eigenvalue weighted by Gasteiger charge is 2.13. The number of ether oxygens (including phenoxy) is 2. The second-order valence-corrected chi connectivity index (χ2v) is 7.52. The summed E-state index contributed by atoms with van der Waals surface area (Å²) in [6.07, 6.45) is 2.14. The summed E-state index contributed by atoms with van der Waals surface area (Å²) in [5.41, 5.74) is 3.88. The van der Waals surface area contributed by atoms with Crippen molar-refractivity contribution in [2.45, 2.75) is 33.2 Å². The van der Waals surface area contributed by atoms with Gasteiger partial charge in [0.15, 0.2) is 0 Å². The maximum absolute atomic E-state index is 12.8. The van der Waals surface area contributed by atoms with Gasteiger partial charge in [-0.15, -0.1) is 0 Å². The van der Waals surface area contributed by atoms with Crippen LogP contribution in [-0.4, -0.2) is 31.1 Å². The highest BCUT2D eigenvalue weighted by atomic mass is 16.5. The largest absolute Gasteiger partial charge is 0.494 e. The first-order valence-electron chi connectivity index (χ1n) is 10.9. The number of unbranched alkanes of at least 4 members (excludes halogenated alkanes) is 1. The van der Waals surface area contributed by atoms with Crippen LogP contribution in [0, 0.1) is 0 Å². The van der Waals surface area contributed by atoms with Crippen molar-refractivity contribution in [1.82, 2.24) is 4.90 Å². The fourth-order valence-corrected chi connectivity index (χ4v) is 3.42. The summed E-state index contributed by atoms with van der Waals surface area (Å²) in [4.78, 5) is 14.6. The van der Waals surface area contributed by atoms with Gasteiger partial charge >= 0.3 is 0 Å². The van der Waals surface area contributed by atoms with Gasteiger partial charge in [-0.05, 0) is 60.9 Å². The first-order chi connectivity index (χ1) is 15.1. The van der Waals surface area contributed by atoms with Gasteiger partial charge in [-0.25, -0.2) is 0 Å². The molecule has 0 spiro atoms. The number of nitrogens with zero attached hydrogens (tertiary/aromatic N) is 1. The van der Waals surface area contributed by atoms with E-state index in [-0.39, 0.29) is 5.91 Å². The lowest BCUT2D eigenvalue weighted by atomic mass is 10.0. The van der Waals surface area contributed by atoms with E-state index < -0.39 is 0 Å². The van der Waals surface area contributed by atoms with Gasteiger partial charge in [-0.1, -0.05) is 49.7 Å². The summed E-state index contributed by atoms with van der Waals surface area (Å²) < 4.78 is 11.5. The van der Waals surface area contributed by atoms with Gasteiger partial charge in [0.05, 0.1) is 13.2 Å². The maximum Gasteiger partial charge on any atom is 0.253 e. The third-order valence-electron chi connectivity index (χ3n) is 5.06. The number of para-hydroxylation sites is 1. The predicted molar refractivity (Wildman–Crippen MR) is 126 cm³/mol. The van der Waals surface area contributed by atoms with Crippen LogP contribution in [0.4, 0.5) is 0 Å². The summed E-state index contributed by atoms with van der Waals surface area (Å²) in [5, 5.41) is 0. The van der Waals surface area contributed by atoms with Crippen molar-refractivity contribution in [1.29, 1.82) is 0 Å². The van der Waals surface area contributed by atoms with E-state index in [0.29, 0.717) is 25.3 Å². The topological polar surface area (TPSA) is 38.8 Å². The first kappa shape index (κ1) is 22.4. The number of benzene rings is 3. The quantitative estimate of drug-likeness (QED) is 0.369. The van der Waals surface area contributed by atoms with E-state index in [9.17, 15) is 4.79 Å². The van der Waals surface area contributed by atoms with E-state index in [4.69, 9.17) is 9.47 Å². The summed E-state index contributed by atoms with van der Waals surface area (Å²) in [7, 11) is 1.83. The van der Waals surface area contributed by atoms with Gasteiger partial charge in [-0.3, -0.25) is 4.79 Å². The Morgan fingerprint density at radius 3 is 2.42 bits per heavy atom. The molecule has 31 heavy (non-hydrogen) atoms. The molecule has 4 heteroatoms. The Hall–Kier alpha value is -3.27. The van der Waals surface area contributed by atoms with Crippen molar-refractivity contribution in [3.8, 4) is 22.6 Å². The van der Waals surface area contributed by atoms with Crippen LogP contribution >= 0.6 is 0 Å². The van der Waals surface area contributed by atoms with Crippen LogP contribution in [0.3, 0.4) is 0 Å². The minimum absolute atomic E-state index is 0.0169. The molecule has 0 fully saturated rings. The Kier molecular flexibility index (Phi) is 8.11. The van der Waals surface area contributed by atoms with Crippen LogP contribution in [0.5, 0.6) is 11.5 Å². The molecular formula is C27H31NO3. The van der Waals surface area contributed by atoms with E-state index in [1.165, 1.54) is 0 Å². The Balaban J connectivity index is 1.72. The fourth-order valence-electron chi connectivity index (χ4n) is 3.42. The van der Waals surface area contributed by atoms with E-state index in [1.807, 2.05) is 68.6 Å². The Morgan fingerprint density at radius 1 is 0.903 bits per heavy atom. The molecule has 0 saturated carbocycles. The molecule has 0 aliphatic rings. The monoisotopic (exact) mass is 417 g/mol. The smallest absolute Gasteiger partial charge is 0.253 e. The molecule has 162 valence electrons. The van der Waals surface area contributed by atoms with Crippen molar-refractivity contribution >= 4 is 5.91 Å². The molecule has 3 aromatic carbocycles. The second-order valence-electron chi connectivity index (χ2n) is 7.52. The van der Waals surface area contributed by atoms with Crippen LogP contribution in [0.25, 0.3) is 11.1 Å².